The summed E-state index contributed by atoms with van der Waals surface area (Å²) in [5, 5.41) is 11.1. The zero-order chi connectivity index (χ0) is 18.8. The van der Waals surface area contributed by atoms with Crippen LogP contribution >= 0.6 is 22.9 Å². The molecule has 1 aliphatic heterocycles. The predicted molar refractivity (Wildman–Crippen MR) is 106 cm³/mol. The number of amidine groups is 1. The van der Waals surface area contributed by atoms with Crippen molar-refractivity contribution in [3.63, 3.8) is 0 Å². The standard InChI is InChI=1S/C18H17ClN6OS/c1-24-9-8-20-17(24)12-2-4-14(5-3-12)25-11-13(22-23-25)10-21-18(26)15-6-7-16(19)27-15/h2-7,11H,8-10H2,1H3,(H,21,26). The first-order valence-corrected chi connectivity index (χ1v) is 9.61. The summed E-state index contributed by atoms with van der Waals surface area (Å²) in [6.07, 6.45) is 1.80. The zero-order valence-electron chi connectivity index (χ0n) is 14.6. The molecule has 2 aromatic heterocycles. The van der Waals surface area contributed by atoms with Gasteiger partial charge < -0.3 is 10.2 Å². The van der Waals surface area contributed by atoms with Gasteiger partial charge in [0.25, 0.3) is 5.91 Å². The maximum Gasteiger partial charge on any atom is 0.261 e. The molecule has 0 aliphatic carbocycles. The number of hydrogen-bond acceptors (Lipinski definition) is 6. The average Bonchev–Trinajstić information content (AvgIpc) is 3.41. The molecule has 3 heterocycles. The number of likely N-dealkylation sites (N-methyl/N-ethyl adjacent to an activating group) is 1. The van der Waals surface area contributed by atoms with E-state index >= 15 is 0 Å². The van der Waals surface area contributed by atoms with Crippen LogP contribution in [0.4, 0.5) is 0 Å². The van der Waals surface area contributed by atoms with Gasteiger partial charge in [-0.1, -0.05) is 16.8 Å². The molecule has 0 unspecified atom stereocenters. The monoisotopic (exact) mass is 400 g/mol. The first-order chi connectivity index (χ1) is 13.1. The second-order valence-electron chi connectivity index (χ2n) is 6.11. The number of rotatable bonds is 5. The Labute approximate surface area is 165 Å². The molecule has 4 rings (SSSR count). The third-order valence-electron chi connectivity index (χ3n) is 4.22. The van der Waals surface area contributed by atoms with Gasteiger partial charge in [0.1, 0.15) is 11.5 Å². The molecule has 0 bridgehead atoms. The van der Waals surface area contributed by atoms with Crippen molar-refractivity contribution >= 4 is 34.7 Å². The molecule has 0 radical (unpaired) electrons. The van der Waals surface area contributed by atoms with Crippen LogP contribution in [0.15, 0.2) is 47.6 Å². The fourth-order valence-electron chi connectivity index (χ4n) is 2.81. The predicted octanol–water partition coefficient (Wildman–Crippen LogP) is 2.60. The number of aliphatic imine (C=N–C) groups is 1. The molecule has 1 amide bonds. The van der Waals surface area contributed by atoms with E-state index in [4.69, 9.17) is 11.6 Å². The third-order valence-corrected chi connectivity index (χ3v) is 5.45. The van der Waals surface area contributed by atoms with Gasteiger partial charge in [0.05, 0.1) is 34.2 Å². The number of thiophene rings is 1. The van der Waals surface area contributed by atoms with Crippen LogP contribution in [0, 0.1) is 0 Å². The smallest absolute Gasteiger partial charge is 0.261 e. The summed E-state index contributed by atoms with van der Waals surface area (Å²) in [5.74, 6) is 0.837. The minimum Gasteiger partial charge on any atom is -0.358 e. The van der Waals surface area contributed by atoms with Crippen molar-refractivity contribution in [1.82, 2.24) is 25.2 Å². The molecule has 1 N–H and O–H groups in total. The lowest BCUT2D eigenvalue weighted by Gasteiger charge is -2.13. The highest BCUT2D eigenvalue weighted by Gasteiger charge is 2.14. The van der Waals surface area contributed by atoms with E-state index in [1.807, 2.05) is 31.3 Å². The van der Waals surface area contributed by atoms with Gasteiger partial charge in [-0.3, -0.25) is 9.79 Å². The maximum atomic E-state index is 12.1. The fourth-order valence-corrected chi connectivity index (χ4v) is 3.77. The molecule has 1 aliphatic rings. The van der Waals surface area contributed by atoms with Crippen molar-refractivity contribution in [2.75, 3.05) is 20.1 Å². The second-order valence-corrected chi connectivity index (χ2v) is 7.83. The number of carbonyl (C=O) groups excluding carboxylic acids is 1. The first kappa shape index (κ1) is 17.7. The van der Waals surface area contributed by atoms with Gasteiger partial charge in [-0.05, 0) is 36.4 Å². The molecule has 7 nitrogen and oxygen atoms in total. The Morgan fingerprint density at radius 1 is 1.26 bits per heavy atom. The normalized spacial score (nSPS) is 13.7. The van der Waals surface area contributed by atoms with E-state index in [1.54, 1.807) is 23.0 Å². The SMILES string of the molecule is CN1CCN=C1c1ccc(-n2cc(CNC(=O)c3ccc(Cl)s3)nn2)cc1. The van der Waals surface area contributed by atoms with Crippen molar-refractivity contribution in [3.8, 4) is 5.69 Å². The molecule has 0 saturated heterocycles. The number of halogens is 1. The maximum absolute atomic E-state index is 12.1. The van der Waals surface area contributed by atoms with Crippen molar-refractivity contribution in [3.05, 3.63) is 63.1 Å². The lowest BCUT2D eigenvalue weighted by molar-refractivity contribution is 0.0954. The molecule has 1 aromatic carbocycles. The summed E-state index contributed by atoms with van der Waals surface area (Å²) < 4.78 is 2.28. The highest BCUT2D eigenvalue weighted by atomic mass is 35.5. The Kier molecular flexibility index (Phi) is 4.91. The molecular formula is C18H17ClN6OS. The number of hydrogen-bond donors (Lipinski definition) is 1. The van der Waals surface area contributed by atoms with Crippen LogP contribution in [-0.4, -0.2) is 51.8 Å². The molecule has 0 spiro atoms. The Morgan fingerprint density at radius 2 is 2.07 bits per heavy atom. The fraction of sp³-hybridized carbons (Fsp3) is 0.222. The summed E-state index contributed by atoms with van der Waals surface area (Å²) in [4.78, 5) is 19.3. The molecular weight excluding hydrogens is 384 g/mol. The van der Waals surface area contributed by atoms with E-state index in [0.717, 1.165) is 30.2 Å². The highest BCUT2D eigenvalue weighted by Crippen LogP contribution is 2.21. The number of nitrogens with one attached hydrogen (secondary N) is 1. The summed E-state index contributed by atoms with van der Waals surface area (Å²) in [7, 11) is 2.04. The van der Waals surface area contributed by atoms with Crippen LogP contribution < -0.4 is 5.32 Å². The minimum absolute atomic E-state index is 0.174. The molecule has 0 fully saturated rings. The number of carbonyl (C=O) groups is 1. The molecule has 3 aromatic rings. The molecule has 27 heavy (non-hydrogen) atoms. The number of nitrogens with zero attached hydrogens (tertiary/aromatic N) is 5. The second kappa shape index (κ2) is 7.50. The Bertz CT molecular complexity index is 993. The number of amides is 1. The Balaban J connectivity index is 1.41. The van der Waals surface area contributed by atoms with E-state index in [0.29, 0.717) is 21.5 Å². The minimum atomic E-state index is -0.174. The quantitative estimate of drug-likeness (QED) is 0.714. The zero-order valence-corrected chi connectivity index (χ0v) is 16.2. The van der Waals surface area contributed by atoms with E-state index in [-0.39, 0.29) is 5.91 Å². The van der Waals surface area contributed by atoms with Crippen molar-refractivity contribution in [2.45, 2.75) is 6.54 Å². The van der Waals surface area contributed by atoms with Crippen molar-refractivity contribution in [2.24, 2.45) is 4.99 Å². The van der Waals surface area contributed by atoms with Gasteiger partial charge in [-0.25, -0.2) is 4.68 Å². The average molecular weight is 401 g/mol. The molecule has 9 heteroatoms. The topological polar surface area (TPSA) is 75.4 Å². The van der Waals surface area contributed by atoms with E-state index in [1.165, 1.54) is 11.3 Å². The summed E-state index contributed by atoms with van der Waals surface area (Å²) in [6, 6.07) is 11.4. The summed E-state index contributed by atoms with van der Waals surface area (Å²) in [5.41, 5.74) is 2.66. The van der Waals surface area contributed by atoms with Crippen LogP contribution in [0.3, 0.4) is 0 Å². The Morgan fingerprint density at radius 3 is 2.74 bits per heavy atom. The van der Waals surface area contributed by atoms with Crippen LogP contribution in [0.2, 0.25) is 4.34 Å². The molecule has 0 saturated carbocycles. The van der Waals surface area contributed by atoms with E-state index in [9.17, 15) is 4.79 Å². The number of aromatic nitrogens is 3. The van der Waals surface area contributed by atoms with Crippen LogP contribution in [0.1, 0.15) is 20.9 Å². The lowest BCUT2D eigenvalue weighted by Crippen LogP contribution is -2.23. The molecule has 0 atom stereocenters. The Hall–Kier alpha value is -2.71. The largest absolute Gasteiger partial charge is 0.358 e. The van der Waals surface area contributed by atoms with Crippen LogP contribution in [-0.2, 0) is 6.54 Å². The lowest BCUT2D eigenvalue weighted by atomic mass is 10.2. The van der Waals surface area contributed by atoms with Crippen LogP contribution in [0.5, 0.6) is 0 Å². The van der Waals surface area contributed by atoms with Crippen LogP contribution in [0.25, 0.3) is 5.69 Å². The van der Waals surface area contributed by atoms with Gasteiger partial charge >= 0.3 is 0 Å². The first-order valence-electron chi connectivity index (χ1n) is 8.41. The highest BCUT2D eigenvalue weighted by molar-refractivity contribution is 7.17. The number of benzene rings is 1. The summed E-state index contributed by atoms with van der Waals surface area (Å²) in [6.45, 7) is 2.09. The van der Waals surface area contributed by atoms with Crippen molar-refractivity contribution in [1.29, 1.82) is 0 Å². The van der Waals surface area contributed by atoms with Gasteiger partial charge in [0, 0.05) is 19.2 Å². The van der Waals surface area contributed by atoms with E-state index < -0.39 is 0 Å². The van der Waals surface area contributed by atoms with E-state index in [2.05, 4.69) is 25.5 Å². The third kappa shape index (κ3) is 3.86. The van der Waals surface area contributed by atoms with Gasteiger partial charge in [0.2, 0.25) is 0 Å². The van der Waals surface area contributed by atoms with Crippen molar-refractivity contribution < 1.29 is 4.79 Å². The van der Waals surface area contributed by atoms with Gasteiger partial charge in [-0.15, -0.1) is 16.4 Å². The summed E-state index contributed by atoms with van der Waals surface area (Å²) >= 11 is 7.10. The molecule has 138 valence electrons. The van der Waals surface area contributed by atoms with Gasteiger partial charge in [0.15, 0.2) is 0 Å². The van der Waals surface area contributed by atoms with Gasteiger partial charge in [-0.2, -0.15) is 0 Å².